The van der Waals surface area contributed by atoms with E-state index in [1.807, 2.05) is 12.1 Å². The standard InChI is InChI=1S/C18H25N3O3/c19-17(22)14-3-1-13(2-4-14)16-11-15(7-10-21(16)18(23)24)12-5-8-20-9-6-12/h1-4,12,15-16,20H,5-11H2,(H2,19,22)(H,23,24)/t15?,16-/m1/s1. The van der Waals surface area contributed by atoms with Crippen molar-refractivity contribution in [3.8, 4) is 0 Å². The van der Waals surface area contributed by atoms with E-state index >= 15 is 0 Å². The number of primary amides is 1. The minimum absolute atomic E-state index is 0.141. The maximum atomic E-state index is 11.6. The molecule has 4 N–H and O–H groups in total. The van der Waals surface area contributed by atoms with E-state index in [0.717, 1.165) is 31.5 Å². The molecular formula is C18H25N3O3. The fourth-order valence-corrected chi connectivity index (χ4v) is 4.15. The van der Waals surface area contributed by atoms with E-state index in [4.69, 9.17) is 5.73 Å². The van der Waals surface area contributed by atoms with Gasteiger partial charge in [-0.1, -0.05) is 12.1 Å². The van der Waals surface area contributed by atoms with E-state index in [1.165, 1.54) is 17.7 Å². The monoisotopic (exact) mass is 331 g/mol. The average Bonchev–Trinajstić information content (AvgIpc) is 2.62. The molecule has 2 fully saturated rings. The maximum absolute atomic E-state index is 11.6. The van der Waals surface area contributed by atoms with Gasteiger partial charge in [-0.25, -0.2) is 4.79 Å². The van der Waals surface area contributed by atoms with Gasteiger partial charge in [-0.2, -0.15) is 0 Å². The molecule has 0 aliphatic carbocycles. The zero-order valence-corrected chi connectivity index (χ0v) is 13.8. The molecule has 130 valence electrons. The highest BCUT2D eigenvalue weighted by Gasteiger charge is 2.36. The van der Waals surface area contributed by atoms with E-state index in [-0.39, 0.29) is 6.04 Å². The van der Waals surface area contributed by atoms with Crippen molar-refractivity contribution >= 4 is 12.0 Å². The molecule has 0 bridgehead atoms. The van der Waals surface area contributed by atoms with E-state index in [1.54, 1.807) is 12.1 Å². The number of benzene rings is 1. The number of carbonyl (C=O) groups excluding carboxylic acids is 1. The van der Waals surface area contributed by atoms with E-state index in [0.29, 0.717) is 23.9 Å². The highest BCUT2D eigenvalue weighted by Crippen LogP contribution is 2.40. The Bertz CT molecular complexity index is 596. The minimum Gasteiger partial charge on any atom is -0.465 e. The lowest BCUT2D eigenvalue weighted by molar-refractivity contribution is 0.0686. The molecule has 0 saturated carbocycles. The Morgan fingerprint density at radius 3 is 2.33 bits per heavy atom. The van der Waals surface area contributed by atoms with Crippen LogP contribution in [-0.4, -0.2) is 41.6 Å². The number of carboxylic acid groups (broad SMARTS) is 1. The largest absolute Gasteiger partial charge is 0.465 e. The Hall–Kier alpha value is -2.08. The number of hydrogen-bond donors (Lipinski definition) is 3. The number of amides is 2. The highest BCUT2D eigenvalue weighted by molar-refractivity contribution is 5.92. The van der Waals surface area contributed by atoms with Crippen LogP contribution in [0.2, 0.25) is 0 Å². The van der Waals surface area contributed by atoms with Gasteiger partial charge in [-0.3, -0.25) is 4.79 Å². The van der Waals surface area contributed by atoms with Crippen molar-refractivity contribution in [3.63, 3.8) is 0 Å². The van der Waals surface area contributed by atoms with Crippen LogP contribution in [0.25, 0.3) is 0 Å². The quantitative estimate of drug-likeness (QED) is 0.791. The number of piperidine rings is 2. The number of nitrogens with two attached hydrogens (primary N) is 1. The van der Waals surface area contributed by atoms with Gasteiger partial charge < -0.3 is 21.1 Å². The van der Waals surface area contributed by atoms with Gasteiger partial charge in [0.25, 0.3) is 0 Å². The van der Waals surface area contributed by atoms with Crippen LogP contribution in [0, 0.1) is 11.8 Å². The molecular weight excluding hydrogens is 306 g/mol. The van der Waals surface area contributed by atoms with Crippen LogP contribution >= 0.6 is 0 Å². The van der Waals surface area contributed by atoms with Crippen LogP contribution in [-0.2, 0) is 0 Å². The lowest BCUT2D eigenvalue weighted by atomic mass is 9.75. The second kappa shape index (κ2) is 7.21. The molecule has 2 aliphatic rings. The van der Waals surface area contributed by atoms with Crippen LogP contribution < -0.4 is 11.1 Å². The molecule has 2 saturated heterocycles. The van der Waals surface area contributed by atoms with Crippen molar-refractivity contribution in [3.05, 3.63) is 35.4 Å². The molecule has 3 rings (SSSR count). The Morgan fingerprint density at radius 2 is 1.75 bits per heavy atom. The molecule has 0 aromatic heterocycles. The summed E-state index contributed by atoms with van der Waals surface area (Å²) in [6, 6.07) is 6.91. The van der Waals surface area contributed by atoms with Gasteiger partial charge >= 0.3 is 6.09 Å². The number of nitrogens with one attached hydrogen (secondary N) is 1. The SMILES string of the molecule is NC(=O)c1ccc([C@H]2CC(C3CCNCC3)CCN2C(=O)O)cc1. The predicted octanol–water partition coefficient (Wildman–Crippen LogP) is 2.22. The molecule has 1 aromatic carbocycles. The first-order valence-electron chi connectivity index (χ1n) is 8.66. The maximum Gasteiger partial charge on any atom is 0.407 e. The molecule has 0 spiro atoms. The van der Waals surface area contributed by atoms with Gasteiger partial charge in [0.15, 0.2) is 0 Å². The predicted molar refractivity (Wildman–Crippen MR) is 90.7 cm³/mol. The van der Waals surface area contributed by atoms with Crippen LogP contribution in [0.3, 0.4) is 0 Å². The van der Waals surface area contributed by atoms with E-state index in [2.05, 4.69) is 5.32 Å². The third-order valence-electron chi connectivity index (χ3n) is 5.52. The van der Waals surface area contributed by atoms with Gasteiger partial charge in [-0.15, -0.1) is 0 Å². The number of nitrogens with zero attached hydrogens (tertiary/aromatic N) is 1. The molecule has 6 heteroatoms. The number of rotatable bonds is 3. The van der Waals surface area contributed by atoms with Crippen LogP contribution in [0.4, 0.5) is 4.79 Å². The molecule has 6 nitrogen and oxygen atoms in total. The topological polar surface area (TPSA) is 95.7 Å². The summed E-state index contributed by atoms with van der Waals surface area (Å²) in [5.41, 5.74) is 6.68. The summed E-state index contributed by atoms with van der Waals surface area (Å²) < 4.78 is 0. The van der Waals surface area contributed by atoms with Crippen LogP contribution in [0.15, 0.2) is 24.3 Å². The molecule has 2 aliphatic heterocycles. The zero-order valence-electron chi connectivity index (χ0n) is 13.8. The van der Waals surface area contributed by atoms with Crippen molar-refractivity contribution in [2.75, 3.05) is 19.6 Å². The molecule has 0 radical (unpaired) electrons. The van der Waals surface area contributed by atoms with Crippen molar-refractivity contribution in [2.24, 2.45) is 17.6 Å². The Morgan fingerprint density at radius 1 is 1.08 bits per heavy atom. The first kappa shape index (κ1) is 16.8. The smallest absolute Gasteiger partial charge is 0.407 e. The van der Waals surface area contributed by atoms with Crippen LogP contribution in [0.5, 0.6) is 0 Å². The third-order valence-corrected chi connectivity index (χ3v) is 5.52. The summed E-state index contributed by atoms with van der Waals surface area (Å²) in [6.07, 6.45) is 3.26. The van der Waals surface area contributed by atoms with Gasteiger partial charge in [-0.05, 0) is 68.3 Å². The molecule has 24 heavy (non-hydrogen) atoms. The normalized spacial score (nSPS) is 25.4. The lowest BCUT2D eigenvalue weighted by Crippen LogP contribution is -2.43. The van der Waals surface area contributed by atoms with Gasteiger partial charge in [0.2, 0.25) is 5.91 Å². The van der Waals surface area contributed by atoms with E-state index in [9.17, 15) is 14.7 Å². The van der Waals surface area contributed by atoms with Crippen molar-refractivity contribution in [1.29, 1.82) is 0 Å². The number of hydrogen-bond acceptors (Lipinski definition) is 3. The molecule has 1 unspecified atom stereocenters. The second-order valence-corrected chi connectivity index (χ2v) is 6.85. The van der Waals surface area contributed by atoms with E-state index < -0.39 is 12.0 Å². The Kier molecular flexibility index (Phi) is 5.04. The van der Waals surface area contributed by atoms with Crippen molar-refractivity contribution in [2.45, 2.75) is 31.7 Å². The summed E-state index contributed by atoms with van der Waals surface area (Å²) in [5.74, 6) is 0.769. The highest BCUT2D eigenvalue weighted by atomic mass is 16.4. The molecule has 1 aromatic rings. The van der Waals surface area contributed by atoms with Gasteiger partial charge in [0.05, 0.1) is 6.04 Å². The first-order chi connectivity index (χ1) is 11.6. The van der Waals surface area contributed by atoms with Crippen molar-refractivity contribution < 1.29 is 14.7 Å². The summed E-state index contributed by atoms with van der Waals surface area (Å²) in [4.78, 5) is 24.4. The molecule has 2 atom stereocenters. The lowest BCUT2D eigenvalue weighted by Gasteiger charge is -2.42. The summed E-state index contributed by atoms with van der Waals surface area (Å²) >= 11 is 0. The molecule has 2 heterocycles. The summed E-state index contributed by atoms with van der Waals surface area (Å²) in [7, 11) is 0. The fraction of sp³-hybridized carbons (Fsp3) is 0.556. The Labute approximate surface area is 142 Å². The zero-order chi connectivity index (χ0) is 17.1. The molecule has 2 amide bonds. The Balaban J connectivity index is 1.79. The number of likely N-dealkylation sites (tertiary alicyclic amines) is 1. The first-order valence-corrected chi connectivity index (χ1v) is 8.66. The van der Waals surface area contributed by atoms with Crippen molar-refractivity contribution in [1.82, 2.24) is 10.2 Å². The second-order valence-electron chi connectivity index (χ2n) is 6.85. The minimum atomic E-state index is -0.872. The fourth-order valence-electron chi connectivity index (χ4n) is 4.15. The van der Waals surface area contributed by atoms with Gasteiger partial charge in [0, 0.05) is 12.1 Å². The van der Waals surface area contributed by atoms with Crippen LogP contribution in [0.1, 0.15) is 47.6 Å². The summed E-state index contributed by atoms with van der Waals surface area (Å²) in [6.45, 7) is 2.69. The summed E-state index contributed by atoms with van der Waals surface area (Å²) in [5, 5.41) is 12.9. The number of carbonyl (C=O) groups is 2. The third kappa shape index (κ3) is 3.53. The average molecular weight is 331 g/mol. The van der Waals surface area contributed by atoms with Gasteiger partial charge in [0.1, 0.15) is 0 Å².